The van der Waals surface area contributed by atoms with Crippen molar-refractivity contribution in [3.8, 4) is 0 Å². The Morgan fingerprint density at radius 1 is 0.667 bits per heavy atom. The fourth-order valence-electron chi connectivity index (χ4n) is 2.49. The third-order valence-electron chi connectivity index (χ3n) is 4.06. The number of allylic oxidation sites excluding steroid dienone is 10. The highest BCUT2D eigenvalue weighted by molar-refractivity contribution is 5.11. The molecule has 1 nitrogen and oxygen atoms in total. The van der Waals surface area contributed by atoms with E-state index in [4.69, 9.17) is 4.74 Å². The molecule has 1 aliphatic rings. The van der Waals surface area contributed by atoms with Gasteiger partial charge in [-0.05, 0) is 51.9 Å². The van der Waals surface area contributed by atoms with Crippen LogP contribution in [-0.4, -0.2) is 12.7 Å². The smallest absolute Gasteiger partial charge is 0.0810 e. The van der Waals surface area contributed by atoms with E-state index in [0.717, 1.165) is 32.3 Å². The average molecular weight is 329 g/mol. The van der Waals surface area contributed by atoms with Crippen LogP contribution in [-0.2, 0) is 4.74 Å². The van der Waals surface area contributed by atoms with E-state index in [1.54, 1.807) is 0 Å². The third-order valence-corrected chi connectivity index (χ3v) is 4.06. The van der Waals surface area contributed by atoms with Crippen LogP contribution in [0.4, 0.5) is 0 Å². The molecule has 1 heteroatoms. The summed E-state index contributed by atoms with van der Waals surface area (Å²) < 4.78 is 5.22. The van der Waals surface area contributed by atoms with E-state index in [1.807, 2.05) is 0 Å². The van der Waals surface area contributed by atoms with Crippen LogP contribution in [0.15, 0.2) is 60.8 Å². The van der Waals surface area contributed by atoms with Crippen molar-refractivity contribution in [2.75, 3.05) is 6.61 Å². The highest BCUT2D eigenvalue weighted by Crippen LogP contribution is 2.17. The van der Waals surface area contributed by atoms with Crippen LogP contribution in [0.1, 0.15) is 71.1 Å². The summed E-state index contributed by atoms with van der Waals surface area (Å²) in [6.07, 6.45) is 35.0. The van der Waals surface area contributed by atoms with Crippen LogP contribution < -0.4 is 0 Å². The zero-order chi connectivity index (χ0) is 17.1. The Balaban J connectivity index is 1.83. The summed E-state index contributed by atoms with van der Waals surface area (Å²) in [7, 11) is 0. The maximum absolute atomic E-state index is 5.22. The molecular weight excluding hydrogens is 292 g/mol. The van der Waals surface area contributed by atoms with Crippen LogP contribution in [0.25, 0.3) is 0 Å². The molecule has 0 radical (unpaired) electrons. The molecule has 0 bridgehead atoms. The van der Waals surface area contributed by atoms with Gasteiger partial charge in [0.2, 0.25) is 0 Å². The van der Waals surface area contributed by atoms with Crippen molar-refractivity contribution in [3.63, 3.8) is 0 Å². The van der Waals surface area contributed by atoms with E-state index in [9.17, 15) is 0 Å². The quantitative estimate of drug-likeness (QED) is 0.135. The molecule has 1 fully saturated rings. The van der Waals surface area contributed by atoms with E-state index in [0.29, 0.717) is 6.10 Å². The van der Waals surface area contributed by atoms with Crippen LogP contribution in [0.3, 0.4) is 0 Å². The lowest BCUT2D eigenvalue weighted by atomic mass is 10.1. The lowest BCUT2D eigenvalue weighted by Gasteiger charge is -1.97. The van der Waals surface area contributed by atoms with Gasteiger partial charge in [0.05, 0.1) is 12.7 Å². The van der Waals surface area contributed by atoms with Gasteiger partial charge in [0.15, 0.2) is 0 Å². The molecule has 0 aromatic carbocycles. The molecule has 0 spiro atoms. The second kappa shape index (κ2) is 16.5. The first-order valence-electron chi connectivity index (χ1n) is 9.79. The van der Waals surface area contributed by atoms with Gasteiger partial charge in [-0.3, -0.25) is 0 Å². The van der Waals surface area contributed by atoms with Gasteiger partial charge in [-0.2, -0.15) is 0 Å². The zero-order valence-corrected chi connectivity index (χ0v) is 15.5. The van der Waals surface area contributed by atoms with Gasteiger partial charge >= 0.3 is 0 Å². The predicted octanol–water partition coefficient (Wildman–Crippen LogP) is 7.09. The minimum absolute atomic E-state index is 0.613. The fraction of sp³-hybridized carbons (Fsp3) is 0.565. The highest BCUT2D eigenvalue weighted by Gasteiger charge is 2.20. The Morgan fingerprint density at radius 3 is 1.92 bits per heavy atom. The van der Waals surface area contributed by atoms with E-state index >= 15 is 0 Å². The van der Waals surface area contributed by atoms with E-state index < -0.39 is 0 Å². The van der Waals surface area contributed by atoms with Crippen LogP contribution in [0, 0.1) is 0 Å². The molecule has 1 aliphatic heterocycles. The maximum Gasteiger partial charge on any atom is 0.0810 e. The van der Waals surface area contributed by atoms with Gasteiger partial charge < -0.3 is 4.74 Å². The Morgan fingerprint density at radius 2 is 1.25 bits per heavy atom. The van der Waals surface area contributed by atoms with Gasteiger partial charge in [-0.25, -0.2) is 0 Å². The lowest BCUT2D eigenvalue weighted by Crippen LogP contribution is -1.85. The number of hydrogen-bond donors (Lipinski definition) is 0. The summed E-state index contributed by atoms with van der Waals surface area (Å²) in [5.41, 5.74) is 0. The molecule has 1 saturated heterocycles. The minimum Gasteiger partial charge on any atom is -0.373 e. The number of hydrogen-bond acceptors (Lipinski definition) is 1. The summed E-state index contributed by atoms with van der Waals surface area (Å²) in [5, 5.41) is 0. The van der Waals surface area contributed by atoms with Crippen molar-refractivity contribution in [1.82, 2.24) is 0 Å². The largest absolute Gasteiger partial charge is 0.373 e. The number of epoxide rings is 1. The SMILES string of the molecule is C/C=C/CC/C=C/CC/C=C/C=C/C=C/CCCCCCC1CO1. The summed E-state index contributed by atoms with van der Waals surface area (Å²) in [6.45, 7) is 3.08. The van der Waals surface area contributed by atoms with Gasteiger partial charge in [0.1, 0.15) is 0 Å². The second-order valence-electron chi connectivity index (χ2n) is 6.38. The number of ether oxygens (including phenoxy) is 1. The van der Waals surface area contributed by atoms with Crippen molar-refractivity contribution in [3.05, 3.63) is 60.8 Å². The van der Waals surface area contributed by atoms with E-state index in [2.05, 4.69) is 67.7 Å². The second-order valence-corrected chi connectivity index (χ2v) is 6.38. The van der Waals surface area contributed by atoms with Crippen molar-refractivity contribution in [1.29, 1.82) is 0 Å². The topological polar surface area (TPSA) is 12.5 Å². The Labute approximate surface area is 149 Å². The first-order chi connectivity index (χ1) is 11.9. The molecule has 0 saturated carbocycles. The molecule has 0 amide bonds. The zero-order valence-electron chi connectivity index (χ0n) is 15.5. The summed E-state index contributed by atoms with van der Waals surface area (Å²) in [5.74, 6) is 0. The molecule has 1 heterocycles. The third kappa shape index (κ3) is 15.6. The predicted molar refractivity (Wildman–Crippen MR) is 107 cm³/mol. The Hall–Kier alpha value is -1.34. The van der Waals surface area contributed by atoms with E-state index in [-0.39, 0.29) is 0 Å². The fourth-order valence-corrected chi connectivity index (χ4v) is 2.49. The lowest BCUT2D eigenvalue weighted by molar-refractivity contribution is 0.388. The van der Waals surface area contributed by atoms with Crippen LogP contribution >= 0.6 is 0 Å². The molecule has 0 N–H and O–H groups in total. The van der Waals surface area contributed by atoms with Gasteiger partial charge in [0.25, 0.3) is 0 Å². The summed E-state index contributed by atoms with van der Waals surface area (Å²) >= 11 is 0. The molecular formula is C23H36O. The molecule has 0 aliphatic carbocycles. The number of unbranched alkanes of at least 4 members (excludes halogenated alkanes) is 6. The minimum atomic E-state index is 0.613. The normalized spacial score (nSPS) is 18.3. The first kappa shape index (κ1) is 20.7. The van der Waals surface area contributed by atoms with Crippen LogP contribution in [0.2, 0.25) is 0 Å². The summed E-state index contributed by atoms with van der Waals surface area (Å²) in [6, 6.07) is 0. The molecule has 0 aromatic heterocycles. The number of rotatable bonds is 15. The van der Waals surface area contributed by atoms with Gasteiger partial charge in [-0.1, -0.05) is 80.0 Å². The molecule has 1 unspecified atom stereocenters. The average Bonchev–Trinajstić information content (AvgIpc) is 3.41. The molecule has 1 rings (SSSR count). The molecule has 134 valence electrons. The van der Waals surface area contributed by atoms with Crippen molar-refractivity contribution >= 4 is 0 Å². The maximum atomic E-state index is 5.22. The van der Waals surface area contributed by atoms with Gasteiger partial charge in [0, 0.05) is 0 Å². The molecule has 24 heavy (non-hydrogen) atoms. The van der Waals surface area contributed by atoms with Crippen molar-refractivity contribution in [2.45, 2.75) is 77.2 Å². The first-order valence-corrected chi connectivity index (χ1v) is 9.79. The summed E-state index contributed by atoms with van der Waals surface area (Å²) in [4.78, 5) is 0. The molecule has 1 atom stereocenters. The van der Waals surface area contributed by atoms with Crippen molar-refractivity contribution < 1.29 is 4.74 Å². The Kier molecular flexibility index (Phi) is 14.2. The van der Waals surface area contributed by atoms with Crippen LogP contribution in [0.5, 0.6) is 0 Å². The standard InChI is InChI=1S/C23H36O/c1-2-3-4-5-6-7-8-9-10-11-12-13-14-15-16-17-18-19-20-21-23-22-24-23/h2-3,6-7,10-15,23H,4-5,8-9,16-22H2,1H3/b3-2+,7-6+,11-10+,13-12+,15-14+. The van der Waals surface area contributed by atoms with E-state index in [1.165, 1.54) is 38.5 Å². The monoisotopic (exact) mass is 328 g/mol. The van der Waals surface area contributed by atoms with Crippen molar-refractivity contribution in [2.24, 2.45) is 0 Å². The highest BCUT2D eigenvalue weighted by atomic mass is 16.6. The Bertz CT molecular complexity index is 408. The van der Waals surface area contributed by atoms with Gasteiger partial charge in [-0.15, -0.1) is 0 Å². The molecule has 0 aromatic rings.